The van der Waals surface area contributed by atoms with Crippen molar-refractivity contribution in [3.63, 3.8) is 0 Å². The number of unbranched alkanes of at least 4 members (excludes halogenated alkanes) is 18. The Morgan fingerprint density at radius 3 is 1.20 bits per heavy atom. The molecule has 4 nitrogen and oxygen atoms in total. The molecule has 0 aliphatic heterocycles. The molecule has 0 saturated heterocycles. The van der Waals surface area contributed by atoms with Crippen LogP contribution in [-0.4, -0.2) is 11.9 Å². The zero-order chi connectivity index (χ0) is 32.4. The van der Waals surface area contributed by atoms with E-state index in [9.17, 15) is 9.59 Å². The highest BCUT2D eigenvalue weighted by molar-refractivity contribution is 5.82. The third kappa shape index (κ3) is 19.5. The average molecular weight is 621 g/mol. The van der Waals surface area contributed by atoms with Crippen LogP contribution in [0.2, 0.25) is 0 Å². The van der Waals surface area contributed by atoms with Crippen LogP contribution < -0.4 is 9.47 Å². The largest absolute Gasteiger partial charge is 0.427 e. The first-order valence-corrected chi connectivity index (χ1v) is 18.6. The van der Waals surface area contributed by atoms with Crippen molar-refractivity contribution in [3.05, 3.63) is 59.7 Å². The number of ether oxygens (including phenoxy) is 2. The maximum atomic E-state index is 12.6. The first-order valence-electron chi connectivity index (χ1n) is 18.6. The molecule has 1 atom stereocenters. The molecule has 0 radical (unpaired) electrons. The number of carbonyl (C=O) groups is 2. The number of hydrogen-bond acceptors (Lipinski definition) is 4. The number of carbonyl (C=O) groups excluding carboxylic acids is 2. The van der Waals surface area contributed by atoms with Gasteiger partial charge in [-0.05, 0) is 61.1 Å². The Morgan fingerprint density at radius 1 is 0.489 bits per heavy atom. The Labute approximate surface area is 276 Å². The summed E-state index contributed by atoms with van der Waals surface area (Å²) in [6, 6.07) is 15.6. The van der Waals surface area contributed by atoms with Crippen LogP contribution in [0.3, 0.4) is 0 Å². The molecule has 0 aliphatic rings. The van der Waals surface area contributed by atoms with Crippen LogP contribution in [0.15, 0.2) is 48.5 Å². The molecule has 45 heavy (non-hydrogen) atoms. The van der Waals surface area contributed by atoms with E-state index in [1.807, 2.05) is 48.5 Å². The molecule has 2 rings (SSSR count). The van der Waals surface area contributed by atoms with Gasteiger partial charge in [0, 0.05) is 0 Å². The van der Waals surface area contributed by atoms with Crippen LogP contribution in [0.1, 0.15) is 167 Å². The molecule has 252 valence electrons. The van der Waals surface area contributed by atoms with Gasteiger partial charge in [0.15, 0.2) is 0 Å². The summed E-state index contributed by atoms with van der Waals surface area (Å²) in [7, 11) is 0. The van der Waals surface area contributed by atoms with Crippen molar-refractivity contribution >= 4 is 11.9 Å². The van der Waals surface area contributed by atoms with Gasteiger partial charge in [0.2, 0.25) is 0 Å². The monoisotopic (exact) mass is 620 g/mol. The van der Waals surface area contributed by atoms with Gasteiger partial charge in [-0.1, -0.05) is 161 Å². The minimum atomic E-state index is -0.584. The Bertz CT molecular complexity index is 1010. The Morgan fingerprint density at radius 2 is 0.822 bits per heavy atom. The number of hydrogen-bond donors (Lipinski definition) is 0. The lowest BCUT2D eigenvalue weighted by molar-refractivity contribution is -0.144. The van der Waals surface area contributed by atoms with Gasteiger partial charge in [-0.2, -0.15) is 0 Å². The standard InChI is InChI=1S/C41H64O4/c1-4-6-8-10-12-14-16-18-20-22-24-36-26-30-38(31-27-36)44-40(42)34-35(3)41(43)45-39-32-28-37(29-33-39)25-23-21-19-17-15-13-11-9-7-5-2/h26-33,35H,4-25,34H2,1-3H3. The van der Waals surface area contributed by atoms with E-state index in [1.54, 1.807) is 6.92 Å². The lowest BCUT2D eigenvalue weighted by Gasteiger charge is -2.12. The normalized spacial score (nSPS) is 11.8. The lowest BCUT2D eigenvalue weighted by atomic mass is 10.0. The molecule has 1 unspecified atom stereocenters. The summed E-state index contributed by atoms with van der Waals surface area (Å²) in [6.45, 7) is 6.24. The molecule has 2 aromatic rings. The smallest absolute Gasteiger partial charge is 0.314 e. The minimum absolute atomic E-state index is 0.0178. The molecule has 0 aromatic heterocycles. The van der Waals surface area contributed by atoms with E-state index in [2.05, 4.69) is 13.8 Å². The Hall–Kier alpha value is -2.62. The summed E-state index contributed by atoms with van der Waals surface area (Å²) in [6.07, 6.45) is 28.8. The van der Waals surface area contributed by atoms with Gasteiger partial charge in [0.05, 0.1) is 12.3 Å². The van der Waals surface area contributed by atoms with Gasteiger partial charge in [0.1, 0.15) is 11.5 Å². The molecule has 2 aromatic carbocycles. The van der Waals surface area contributed by atoms with E-state index in [1.165, 1.54) is 140 Å². The molecule has 0 fully saturated rings. The van der Waals surface area contributed by atoms with Crippen molar-refractivity contribution in [2.75, 3.05) is 0 Å². The molecule has 0 heterocycles. The maximum Gasteiger partial charge on any atom is 0.314 e. The number of benzene rings is 2. The molecule has 0 aliphatic carbocycles. The predicted octanol–water partition coefficient (Wildman–Crippen LogP) is 12.2. The SMILES string of the molecule is CCCCCCCCCCCCc1ccc(OC(=O)CC(C)C(=O)Oc2ccc(CCCCCCCCCCCC)cc2)cc1. The maximum absolute atomic E-state index is 12.6. The fourth-order valence-corrected chi connectivity index (χ4v) is 5.80. The zero-order valence-electron chi connectivity index (χ0n) is 29.1. The summed E-state index contributed by atoms with van der Waals surface area (Å²) in [5, 5.41) is 0. The minimum Gasteiger partial charge on any atom is -0.427 e. The molecule has 0 bridgehead atoms. The van der Waals surface area contributed by atoms with Gasteiger partial charge in [-0.3, -0.25) is 9.59 Å². The van der Waals surface area contributed by atoms with Crippen molar-refractivity contribution in [3.8, 4) is 11.5 Å². The van der Waals surface area contributed by atoms with E-state index in [0.717, 1.165) is 12.8 Å². The fourth-order valence-electron chi connectivity index (χ4n) is 5.80. The summed E-state index contributed by atoms with van der Waals surface area (Å²) in [5.74, 6) is -0.384. The van der Waals surface area contributed by atoms with Gasteiger partial charge in [0.25, 0.3) is 0 Å². The molecular weight excluding hydrogens is 556 g/mol. The van der Waals surface area contributed by atoms with Crippen molar-refractivity contribution in [2.45, 2.75) is 168 Å². The number of aryl methyl sites for hydroxylation is 2. The van der Waals surface area contributed by atoms with Crippen LogP contribution in [0.25, 0.3) is 0 Å². The van der Waals surface area contributed by atoms with E-state index < -0.39 is 17.9 Å². The van der Waals surface area contributed by atoms with E-state index in [4.69, 9.17) is 9.47 Å². The fraction of sp³-hybridized carbons (Fsp3) is 0.659. The quantitative estimate of drug-likeness (QED) is 0.0566. The molecule has 0 N–H and O–H groups in total. The van der Waals surface area contributed by atoms with Crippen LogP contribution >= 0.6 is 0 Å². The first-order chi connectivity index (χ1) is 22.0. The van der Waals surface area contributed by atoms with Crippen LogP contribution in [0.5, 0.6) is 11.5 Å². The second-order valence-electron chi connectivity index (χ2n) is 13.2. The highest BCUT2D eigenvalue weighted by Crippen LogP contribution is 2.20. The highest BCUT2D eigenvalue weighted by atomic mass is 16.5. The van der Waals surface area contributed by atoms with Crippen molar-refractivity contribution in [2.24, 2.45) is 5.92 Å². The molecule has 4 heteroatoms. The van der Waals surface area contributed by atoms with Gasteiger partial charge < -0.3 is 9.47 Å². The van der Waals surface area contributed by atoms with Crippen molar-refractivity contribution in [1.29, 1.82) is 0 Å². The highest BCUT2D eigenvalue weighted by Gasteiger charge is 2.20. The average Bonchev–Trinajstić information content (AvgIpc) is 3.04. The van der Waals surface area contributed by atoms with Crippen molar-refractivity contribution < 1.29 is 19.1 Å². The second-order valence-corrected chi connectivity index (χ2v) is 13.2. The second kappa shape index (κ2) is 25.6. The topological polar surface area (TPSA) is 52.6 Å². The summed E-state index contributed by atoms with van der Waals surface area (Å²) >= 11 is 0. The van der Waals surface area contributed by atoms with Crippen LogP contribution in [0, 0.1) is 5.92 Å². The van der Waals surface area contributed by atoms with E-state index in [-0.39, 0.29) is 6.42 Å². The summed E-state index contributed by atoms with van der Waals surface area (Å²) in [4.78, 5) is 25.1. The molecule has 0 amide bonds. The molecule has 0 spiro atoms. The third-order valence-corrected chi connectivity index (χ3v) is 8.81. The van der Waals surface area contributed by atoms with Gasteiger partial charge in [-0.25, -0.2) is 0 Å². The molecule has 0 saturated carbocycles. The van der Waals surface area contributed by atoms with E-state index >= 15 is 0 Å². The van der Waals surface area contributed by atoms with Gasteiger partial charge in [-0.15, -0.1) is 0 Å². The van der Waals surface area contributed by atoms with Gasteiger partial charge >= 0.3 is 11.9 Å². The summed E-state index contributed by atoms with van der Waals surface area (Å²) < 4.78 is 11.0. The number of esters is 2. The van der Waals surface area contributed by atoms with Crippen LogP contribution in [-0.2, 0) is 22.4 Å². The lowest BCUT2D eigenvalue weighted by Crippen LogP contribution is -2.22. The van der Waals surface area contributed by atoms with Crippen molar-refractivity contribution in [1.82, 2.24) is 0 Å². The number of rotatable bonds is 27. The Kier molecular flexibility index (Phi) is 21.9. The van der Waals surface area contributed by atoms with E-state index in [0.29, 0.717) is 11.5 Å². The van der Waals surface area contributed by atoms with Crippen LogP contribution in [0.4, 0.5) is 0 Å². The third-order valence-electron chi connectivity index (χ3n) is 8.81. The zero-order valence-corrected chi connectivity index (χ0v) is 29.1. The Balaban J connectivity index is 1.56. The first kappa shape index (κ1) is 38.6. The summed E-state index contributed by atoms with van der Waals surface area (Å²) in [5.41, 5.74) is 2.53. The predicted molar refractivity (Wildman–Crippen MR) is 189 cm³/mol. The molecular formula is C41H64O4.